The molecule has 0 spiro atoms. The normalized spacial score (nSPS) is 29.4. The van der Waals surface area contributed by atoms with Crippen molar-refractivity contribution in [2.75, 3.05) is 19.8 Å². The van der Waals surface area contributed by atoms with Gasteiger partial charge >= 0.3 is 0 Å². The Balaban J connectivity index is 0.00000242. The number of rotatable bonds is 3. The Bertz CT molecular complexity index is 455. The maximum Gasteiger partial charge on any atom is 0.233 e. The largest absolute Gasteiger partial charge is 0.667 e. The quantitative estimate of drug-likeness (QED) is 0.560. The minimum absolute atomic E-state index is 0. The molecule has 3 amide bonds. The van der Waals surface area contributed by atoms with E-state index in [2.05, 4.69) is 0 Å². The summed E-state index contributed by atoms with van der Waals surface area (Å²) in [5.74, 6) is -2.05. The van der Waals surface area contributed by atoms with E-state index in [-0.39, 0.29) is 70.4 Å². The van der Waals surface area contributed by atoms with Crippen molar-refractivity contribution in [1.29, 1.82) is 0 Å². The Labute approximate surface area is 144 Å². The van der Waals surface area contributed by atoms with Crippen molar-refractivity contribution in [3.8, 4) is 0 Å². The van der Waals surface area contributed by atoms with Gasteiger partial charge in [-0.1, -0.05) is 20.8 Å². The van der Waals surface area contributed by atoms with E-state index < -0.39 is 18.1 Å². The van der Waals surface area contributed by atoms with Crippen molar-refractivity contribution in [3.63, 3.8) is 0 Å². The van der Waals surface area contributed by atoms with E-state index in [1.165, 1.54) is 4.90 Å². The van der Waals surface area contributed by atoms with Gasteiger partial charge in [-0.3, -0.25) is 14.5 Å². The molecular formula is C14H21N2O5W-. The molecule has 2 fully saturated rings. The predicted octanol–water partition coefficient (Wildman–Crippen LogP) is 0.973. The van der Waals surface area contributed by atoms with Crippen molar-refractivity contribution < 1.29 is 44.9 Å². The van der Waals surface area contributed by atoms with Crippen molar-refractivity contribution >= 4 is 17.7 Å². The molecule has 0 saturated carbocycles. The first-order valence-electron chi connectivity index (χ1n) is 7.03. The predicted molar refractivity (Wildman–Crippen MR) is 72.8 cm³/mol. The topological polar surface area (TPSA) is 96.7 Å². The molecule has 7 nitrogen and oxygen atoms in total. The van der Waals surface area contributed by atoms with Crippen LogP contribution in [0.4, 0.5) is 0 Å². The van der Waals surface area contributed by atoms with Crippen LogP contribution >= 0.6 is 0 Å². The molecular weight excluding hydrogens is 460 g/mol. The average molecular weight is 481 g/mol. The Kier molecular flexibility index (Phi) is 6.30. The summed E-state index contributed by atoms with van der Waals surface area (Å²) in [4.78, 5) is 36.4. The van der Waals surface area contributed by atoms with Gasteiger partial charge in [0.1, 0.15) is 0 Å². The van der Waals surface area contributed by atoms with Crippen molar-refractivity contribution in [1.82, 2.24) is 4.90 Å². The summed E-state index contributed by atoms with van der Waals surface area (Å²) in [6.45, 7) is 6.03. The minimum atomic E-state index is -0.727. The summed E-state index contributed by atoms with van der Waals surface area (Å²) in [7, 11) is 0. The molecule has 0 radical (unpaired) electrons. The zero-order chi connectivity index (χ0) is 15.8. The number of imide groups is 1. The summed E-state index contributed by atoms with van der Waals surface area (Å²) < 4.78 is 10.6. The second kappa shape index (κ2) is 7.19. The van der Waals surface area contributed by atoms with Crippen molar-refractivity contribution in [2.24, 2.45) is 17.3 Å². The molecule has 2 aliphatic heterocycles. The van der Waals surface area contributed by atoms with Crippen LogP contribution in [0.3, 0.4) is 0 Å². The van der Waals surface area contributed by atoms with Gasteiger partial charge in [0.2, 0.25) is 11.8 Å². The molecule has 1 N–H and O–H groups in total. The summed E-state index contributed by atoms with van der Waals surface area (Å²) in [5, 5.41) is 0. The number of nitrogens with one attached hydrogen (secondary N) is 1. The first kappa shape index (κ1) is 19.3. The van der Waals surface area contributed by atoms with Crippen LogP contribution in [0.2, 0.25) is 0 Å². The molecule has 2 rings (SSSR count). The number of nitrogens with zero attached hydrogens (tertiary/aromatic N) is 1. The van der Waals surface area contributed by atoms with E-state index in [0.29, 0.717) is 0 Å². The number of ether oxygens (including phenoxy) is 2. The molecule has 0 aliphatic carbocycles. The molecule has 2 aliphatic rings. The Morgan fingerprint density at radius 3 is 2.23 bits per heavy atom. The molecule has 0 aromatic rings. The zero-order valence-corrected chi connectivity index (χ0v) is 15.9. The minimum Gasteiger partial charge on any atom is -0.667 e. The average Bonchev–Trinajstić information content (AvgIpc) is 2.67. The maximum absolute atomic E-state index is 12.3. The summed E-state index contributed by atoms with van der Waals surface area (Å²) in [6.07, 6.45) is -0.504. The molecule has 0 aromatic heterocycles. The molecule has 22 heavy (non-hydrogen) atoms. The summed E-state index contributed by atoms with van der Waals surface area (Å²) >= 11 is 0. The van der Waals surface area contributed by atoms with Crippen LogP contribution in [-0.4, -0.2) is 48.7 Å². The number of amides is 3. The number of likely N-dealkylation sites (tertiary alicyclic amines) is 1. The Hall–Kier alpha value is -0.782. The van der Waals surface area contributed by atoms with Crippen LogP contribution in [0.25, 0.3) is 5.73 Å². The van der Waals surface area contributed by atoms with E-state index in [1.807, 2.05) is 20.8 Å². The van der Waals surface area contributed by atoms with E-state index >= 15 is 0 Å². The van der Waals surface area contributed by atoms with Gasteiger partial charge in [-0.05, 0) is 5.41 Å². The molecule has 1 unspecified atom stereocenters. The van der Waals surface area contributed by atoms with E-state index in [0.717, 1.165) is 0 Å². The van der Waals surface area contributed by atoms with Gasteiger partial charge in [-0.2, -0.15) is 0 Å². The van der Waals surface area contributed by atoms with Crippen LogP contribution < -0.4 is 0 Å². The number of hydrogen-bond donors (Lipinski definition) is 0. The van der Waals surface area contributed by atoms with Gasteiger partial charge in [-0.25, -0.2) is 0 Å². The van der Waals surface area contributed by atoms with Gasteiger partial charge in [0.25, 0.3) is 0 Å². The SMILES string of the molecule is CC(C)(C)C1CC(=O)N(CC2OCC(C([NH-])=O)CO2)C1=O.[W]. The molecule has 1 atom stereocenters. The zero-order valence-electron chi connectivity index (χ0n) is 13.0. The molecule has 124 valence electrons. The van der Waals surface area contributed by atoms with E-state index in [9.17, 15) is 14.4 Å². The van der Waals surface area contributed by atoms with E-state index in [1.54, 1.807) is 0 Å². The molecule has 0 bridgehead atoms. The summed E-state index contributed by atoms with van der Waals surface area (Å²) in [5.41, 5.74) is 6.74. The van der Waals surface area contributed by atoms with Gasteiger partial charge in [-0.15, -0.1) is 0 Å². The first-order valence-corrected chi connectivity index (χ1v) is 7.03. The Morgan fingerprint density at radius 2 is 1.82 bits per heavy atom. The number of carbonyl (C=O) groups is 3. The number of carbonyl (C=O) groups excluding carboxylic acids is 3. The van der Waals surface area contributed by atoms with Crippen LogP contribution in [-0.2, 0) is 44.9 Å². The van der Waals surface area contributed by atoms with Crippen LogP contribution in [0.15, 0.2) is 0 Å². The Morgan fingerprint density at radius 1 is 1.27 bits per heavy atom. The fourth-order valence-electron chi connectivity index (χ4n) is 2.50. The van der Waals surface area contributed by atoms with Crippen LogP contribution in [0.1, 0.15) is 27.2 Å². The fourth-order valence-corrected chi connectivity index (χ4v) is 2.50. The van der Waals surface area contributed by atoms with Gasteiger partial charge in [0.15, 0.2) is 6.29 Å². The molecule has 8 heteroatoms. The standard InChI is InChI=1S/C14H22N2O5.W/c1-14(2,3)9-4-10(17)16(13(9)19)5-11-20-6-8(7-21-11)12(15)18;/h8-9,11H,4-7H2,1-3H3,(H2,15,18);/p-1. The van der Waals surface area contributed by atoms with Gasteiger partial charge in [0.05, 0.1) is 31.6 Å². The van der Waals surface area contributed by atoms with E-state index in [4.69, 9.17) is 15.2 Å². The molecule has 2 saturated heterocycles. The van der Waals surface area contributed by atoms with Gasteiger partial charge < -0.3 is 20.0 Å². The third-order valence-electron chi connectivity index (χ3n) is 3.96. The third kappa shape index (κ3) is 4.15. The molecule has 0 aromatic carbocycles. The fraction of sp³-hybridized carbons (Fsp3) is 0.786. The first-order chi connectivity index (χ1) is 9.70. The second-order valence-corrected chi connectivity index (χ2v) is 6.62. The summed E-state index contributed by atoms with van der Waals surface area (Å²) in [6, 6.07) is 0. The van der Waals surface area contributed by atoms with Crippen molar-refractivity contribution in [2.45, 2.75) is 33.5 Å². The van der Waals surface area contributed by atoms with Crippen molar-refractivity contribution in [3.05, 3.63) is 5.73 Å². The maximum atomic E-state index is 12.3. The van der Waals surface area contributed by atoms with Crippen LogP contribution in [0, 0.1) is 17.3 Å². The monoisotopic (exact) mass is 481 g/mol. The molecule has 2 heterocycles. The smallest absolute Gasteiger partial charge is 0.233 e. The van der Waals surface area contributed by atoms with Crippen LogP contribution in [0.5, 0.6) is 0 Å². The second-order valence-electron chi connectivity index (χ2n) is 6.62. The van der Waals surface area contributed by atoms with Gasteiger partial charge in [0, 0.05) is 33.4 Å². The number of hydrogen-bond acceptors (Lipinski definition) is 5. The third-order valence-corrected chi connectivity index (χ3v) is 3.96.